The first-order valence-electron chi connectivity index (χ1n) is 6.90. The number of rotatable bonds is 6. The molecule has 0 radical (unpaired) electrons. The molecule has 7 nitrogen and oxygen atoms in total. The first kappa shape index (κ1) is 16.2. The van der Waals surface area contributed by atoms with Crippen LogP contribution in [-0.2, 0) is 6.42 Å². The van der Waals surface area contributed by atoms with E-state index in [1.807, 2.05) is 20.8 Å². The minimum atomic E-state index is -1.04. The number of carboxylic acid groups (broad SMARTS) is 1. The average molecular weight is 322 g/mol. The number of nitrogens with zero attached hydrogens (tertiary/aromatic N) is 3. The summed E-state index contributed by atoms with van der Waals surface area (Å²) in [4.78, 5) is 26.8. The zero-order valence-electron chi connectivity index (χ0n) is 12.7. The van der Waals surface area contributed by atoms with Crippen molar-refractivity contribution in [2.24, 2.45) is 0 Å². The molecule has 0 aliphatic carbocycles. The van der Waals surface area contributed by atoms with Gasteiger partial charge in [-0.15, -0.1) is 11.3 Å². The molecule has 2 aromatic rings. The fraction of sp³-hybridized carbons (Fsp3) is 0.429. The molecule has 118 valence electrons. The molecule has 8 heteroatoms. The maximum Gasteiger partial charge on any atom is 0.355 e. The van der Waals surface area contributed by atoms with Gasteiger partial charge in [0.15, 0.2) is 5.69 Å². The molecule has 2 N–H and O–H groups in total. The number of carbonyl (C=O) groups is 2. The largest absolute Gasteiger partial charge is 0.476 e. The molecule has 0 bridgehead atoms. The van der Waals surface area contributed by atoms with Crippen LogP contribution in [0.3, 0.4) is 0 Å². The van der Waals surface area contributed by atoms with Gasteiger partial charge in [0.1, 0.15) is 0 Å². The van der Waals surface area contributed by atoms with Crippen molar-refractivity contribution in [1.82, 2.24) is 20.1 Å². The van der Waals surface area contributed by atoms with E-state index in [1.165, 1.54) is 16.7 Å². The Morgan fingerprint density at radius 3 is 2.73 bits per heavy atom. The van der Waals surface area contributed by atoms with Crippen LogP contribution in [0.2, 0.25) is 0 Å². The van der Waals surface area contributed by atoms with Gasteiger partial charge < -0.3 is 10.4 Å². The number of aromatic nitrogens is 3. The van der Waals surface area contributed by atoms with Gasteiger partial charge in [-0.1, -0.05) is 0 Å². The maximum absolute atomic E-state index is 12.1. The van der Waals surface area contributed by atoms with Gasteiger partial charge in [0.2, 0.25) is 0 Å². The first-order valence-corrected chi connectivity index (χ1v) is 7.78. The summed E-state index contributed by atoms with van der Waals surface area (Å²) in [5.41, 5.74) is 1.43. The van der Waals surface area contributed by atoms with Crippen LogP contribution in [0.4, 0.5) is 0 Å². The Kier molecular flexibility index (Phi) is 4.92. The molecule has 0 spiro atoms. The highest BCUT2D eigenvalue weighted by molar-refractivity contribution is 7.09. The van der Waals surface area contributed by atoms with Gasteiger partial charge in [-0.25, -0.2) is 9.78 Å². The Labute approximate surface area is 132 Å². The topological polar surface area (TPSA) is 97.1 Å². The summed E-state index contributed by atoms with van der Waals surface area (Å²) in [7, 11) is 0. The van der Waals surface area contributed by atoms with Crippen molar-refractivity contribution in [3.63, 3.8) is 0 Å². The van der Waals surface area contributed by atoms with E-state index in [0.29, 0.717) is 23.5 Å². The molecular weight excluding hydrogens is 304 g/mol. The van der Waals surface area contributed by atoms with Gasteiger partial charge in [-0.05, 0) is 20.8 Å². The van der Waals surface area contributed by atoms with Crippen LogP contribution in [0.1, 0.15) is 51.4 Å². The molecule has 1 amide bonds. The summed E-state index contributed by atoms with van der Waals surface area (Å²) in [5, 5.41) is 18.0. The molecule has 2 aromatic heterocycles. The molecule has 0 saturated heterocycles. The Morgan fingerprint density at radius 1 is 1.45 bits per heavy atom. The number of carboxylic acids is 1. The number of hydrogen-bond donors (Lipinski definition) is 2. The normalized spacial score (nSPS) is 10.9. The van der Waals surface area contributed by atoms with Crippen LogP contribution >= 0.6 is 11.3 Å². The van der Waals surface area contributed by atoms with Gasteiger partial charge >= 0.3 is 5.97 Å². The molecule has 0 aliphatic rings. The Balaban J connectivity index is 1.91. The van der Waals surface area contributed by atoms with Gasteiger partial charge in [0.25, 0.3) is 5.91 Å². The van der Waals surface area contributed by atoms with Crippen LogP contribution in [0, 0.1) is 6.92 Å². The molecule has 2 heterocycles. The fourth-order valence-corrected chi connectivity index (χ4v) is 2.84. The average Bonchev–Trinajstić information content (AvgIpc) is 3.05. The highest BCUT2D eigenvalue weighted by Gasteiger charge is 2.15. The summed E-state index contributed by atoms with van der Waals surface area (Å²) in [6.07, 6.45) is 2.07. The molecule has 22 heavy (non-hydrogen) atoms. The van der Waals surface area contributed by atoms with Crippen molar-refractivity contribution < 1.29 is 14.7 Å². The summed E-state index contributed by atoms with van der Waals surface area (Å²) < 4.78 is 1.80. The van der Waals surface area contributed by atoms with E-state index in [0.717, 1.165) is 5.69 Å². The standard InChI is InChI=1S/C14H18N4O3S/c1-8(2)18-9(3)10(6-16-18)13(19)15-5-4-12-17-11(7-22-12)14(20)21/h6-8H,4-5H2,1-3H3,(H,15,19)(H,20,21). The predicted molar refractivity (Wildman–Crippen MR) is 82.5 cm³/mol. The van der Waals surface area contributed by atoms with Crippen molar-refractivity contribution in [1.29, 1.82) is 0 Å². The summed E-state index contributed by atoms with van der Waals surface area (Å²) >= 11 is 1.28. The van der Waals surface area contributed by atoms with Crippen molar-refractivity contribution in [2.45, 2.75) is 33.2 Å². The lowest BCUT2D eigenvalue weighted by molar-refractivity contribution is 0.0690. The van der Waals surface area contributed by atoms with Gasteiger partial charge in [0, 0.05) is 30.1 Å². The molecule has 0 fully saturated rings. The lowest BCUT2D eigenvalue weighted by Gasteiger charge is -2.08. The number of thiazole rings is 1. The van der Waals surface area contributed by atoms with E-state index in [-0.39, 0.29) is 17.6 Å². The maximum atomic E-state index is 12.1. The van der Waals surface area contributed by atoms with Crippen LogP contribution in [0.25, 0.3) is 0 Å². The molecule has 0 aliphatic heterocycles. The number of hydrogen-bond acceptors (Lipinski definition) is 5. The third kappa shape index (κ3) is 3.51. The smallest absolute Gasteiger partial charge is 0.355 e. The molecule has 0 unspecified atom stereocenters. The summed E-state index contributed by atoms with van der Waals surface area (Å²) in [5.74, 6) is -1.22. The van der Waals surface area contributed by atoms with E-state index in [9.17, 15) is 9.59 Å². The van der Waals surface area contributed by atoms with Gasteiger partial charge in [-0.2, -0.15) is 5.10 Å². The molecule has 0 saturated carbocycles. The Morgan fingerprint density at radius 2 is 2.18 bits per heavy atom. The number of aromatic carboxylic acids is 1. The monoisotopic (exact) mass is 322 g/mol. The second-order valence-electron chi connectivity index (χ2n) is 5.12. The molecule has 2 rings (SSSR count). The van der Waals surface area contributed by atoms with E-state index < -0.39 is 5.97 Å². The van der Waals surface area contributed by atoms with Crippen molar-refractivity contribution in [3.05, 3.63) is 33.5 Å². The Bertz CT molecular complexity index is 690. The third-order valence-corrected chi connectivity index (χ3v) is 4.08. The van der Waals surface area contributed by atoms with E-state index >= 15 is 0 Å². The van der Waals surface area contributed by atoms with Gasteiger partial charge in [0.05, 0.1) is 16.8 Å². The minimum Gasteiger partial charge on any atom is -0.476 e. The van der Waals surface area contributed by atoms with Gasteiger partial charge in [-0.3, -0.25) is 9.48 Å². The van der Waals surface area contributed by atoms with Crippen LogP contribution in [0.5, 0.6) is 0 Å². The molecule has 0 atom stereocenters. The highest BCUT2D eigenvalue weighted by atomic mass is 32.1. The lowest BCUT2D eigenvalue weighted by atomic mass is 10.2. The lowest BCUT2D eigenvalue weighted by Crippen LogP contribution is -2.26. The highest BCUT2D eigenvalue weighted by Crippen LogP contribution is 2.13. The van der Waals surface area contributed by atoms with Crippen molar-refractivity contribution in [2.75, 3.05) is 6.54 Å². The Hall–Kier alpha value is -2.22. The zero-order chi connectivity index (χ0) is 16.3. The number of carbonyl (C=O) groups excluding carboxylic acids is 1. The second-order valence-corrected chi connectivity index (χ2v) is 6.06. The van der Waals surface area contributed by atoms with Crippen molar-refractivity contribution >= 4 is 23.2 Å². The quantitative estimate of drug-likeness (QED) is 0.846. The van der Waals surface area contributed by atoms with Crippen molar-refractivity contribution in [3.8, 4) is 0 Å². The number of nitrogens with one attached hydrogen (secondary N) is 1. The number of amides is 1. The van der Waals surface area contributed by atoms with E-state index in [1.54, 1.807) is 10.9 Å². The first-order chi connectivity index (χ1) is 10.4. The third-order valence-electron chi connectivity index (χ3n) is 3.17. The fourth-order valence-electron chi connectivity index (χ4n) is 2.07. The molecular formula is C14H18N4O3S. The van der Waals surface area contributed by atoms with Crippen LogP contribution in [-0.4, -0.2) is 38.3 Å². The minimum absolute atomic E-state index is 0.0420. The summed E-state index contributed by atoms with van der Waals surface area (Å²) in [6.45, 7) is 6.27. The van der Waals surface area contributed by atoms with E-state index in [2.05, 4.69) is 15.4 Å². The molecule has 0 aromatic carbocycles. The van der Waals surface area contributed by atoms with Crippen LogP contribution in [0.15, 0.2) is 11.6 Å². The van der Waals surface area contributed by atoms with Crippen LogP contribution < -0.4 is 5.32 Å². The second kappa shape index (κ2) is 6.69. The predicted octanol–water partition coefficient (Wildman–Crippen LogP) is 1.90. The SMILES string of the molecule is Cc1c(C(=O)NCCc2nc(C(=O)O)cs2)cnn1C(C)C. The van der Waals surface area contributed by atoms with E-state index in [4.69, 9.17) is 5.11 Å². The zero-order valence-corrected chi connectivity index (χ0v) is 13.5. The summed E-state index contributed by atoms with van der Waals surface area (Å²) in [6, 6.07) is 0.200.